The number of carbonyl (C=O) groups excluding carboxylic acids is 2. The van der Waals surface area contributed by atoms with Crippen molar-refractivity contribution in [2.24, 2.45) is 0 Å². The van der Waals surface area contributed by atoms with Gasteiger partial charge in [0.1, 0.15) is 5.76 Å². The molecule has 1 aromatic heterocycles. The smallest absolute Gasteiger partial charge is 0.301 e. The van der Waals surface area contributed by atoms with Crippen molar-refractivity contribution in [3.05, 3.63) is 115 Å². The number of nitrogens with zero attached hydrogens (tertiary/aromatic N) is 4. The zero-order valence-electron chi connectivity index (χ0n) is 21.2. The zero-order chi connectivity index (χ0) is 28.6. The van der Waals surface area contributed by atoms with E-state index in [1.54, 1.807) is 19.1 Å². The Morgan fingerprint density at radius 2 is 1.82 bits per heavy atom. The molecule has 1 aliphatic rings. The molecule has 1 aliphatic heterocycles. The van der Waals surface area contributed by atoms with Crippen LogP contribution < -0.4 is 4.90 Å². The second kappa shape index (κ2) is 11.2. The van der Waals surface area contributed by atoms with Gasteiger partial charge >= 0.3 is 5.91 Å². The van der Waals surface area contributed by atoms with Crippen molar-refractivity contribution in [1.82, 2.24) is 10.2 Å². The van der Waals surface area contributed by atoms with E-state index in [2.05, 4.69) is 10.2 Å². The highest BCUT2D eigenvalue weighted by Crippen LogP contribution is 2.44. The first-order valence-corrected chi connectivity index (χ1v) is 14.2. The highest BCUT2D eigenvalue weighted by atomic mass is 35.5. The van der Waals surface area contributed by atoms with Crippen molar-refractivity contribution in [3.8, 4) is 0 Å². The summed E-state index contributed by atoms with van der Waals surface area (Å²) in [4.78, 5) is 38.8. The van der Waals surface area contributed by atoms with Gasteiger partial charge in [0.25, 0.3) is 11.5 Å². The Morgan fingerprint density at radius 1 is 1.10 bits per heavy atom. The summed E-state index contributed by atoms with van der Waals surface area (Å²) in [7, 11) is 0. The number of nitro benzene ring substituents is 1. The molecule has 12 heteroatoms. The molecule has 0 saturated carbocycles. The Balaban J connectivity index is 1.58. The molecule has 0 radical (unpaired) electrons. The molecule has 0 aliphatic carbocycles. The summed E-state index contributed by atoms with van der Waals surface area (Å²) in [5, 5.41) is 31.8. The number of nitro groups is 1. The van der Waals surface area contributed by atoms with Gasteiger partial charge in [-0.25, -0.2) is 0 Å². The number of rotatable bonds is 7. The number of thioether (sulfide) groups is 1. The van der Waals surface area contributed by atoms with Crippen molar-refractivity contribution >= 4 is 63.0 Å². The number of hydrogen-bond acceptors (Lipinski definition) is 9. The Kier molecular flexibility index (Phi) is 7.70. The molecule has 2 heterocycles. The highest BCUT2D eigenvalue weighted by Gasteiger charge is 2.48. The number of aliphatic hydroxyl groups is 1. The van der Waals surface area contributed by atoms with Gasteiger partial charge in [-0.2, -0.15) is 0 Å². The predicted molar refractivity (Wildman–Crippen MR) is 155 cm³/mol. The van der Waals surface area contributed by atoms with Crippen LogP contribution in [0.3, 0.4) is 0 Å². The fraction of sp³-hybridized carbons (Fsp3) is 0.143. The van der Waals surface area contributed by atoms with E-state index in [1.807, 2.05) is 37.3 Å². The molecule has 4 aromatic rings. The number of ketones is 1. The normalized spacial score (nSPS) is 16.5. The topological polar surface area (TPSA) is 127 Å². The third-order valence-corrected chi connectivity index (χ3v) is 8.90. The van der Waals surface area contributed by atoms with Crippen molar-refractivity contribution in [2.45, 2.75) is 30.0 Å². The maximum Gasteiger partial charge on any atom is 0.301 e. The SMILES string of the molecule is Cc1ccc(C)c(/C(O)=C2\C(=O)C(=O)N(c3nnc(SCc4ccccc4Cl)s3)C2c2ccc([N+](=O)[O-])cc2)c1. The van der Waals surface area contributed by atoms with Gasteiger partial charge in [0, 0.05) is 28.5 Å². The minimum atomic E-state index is -1.07. The summed E-state index contributed by atoms with van der Waals surface area (Å²) in [5.74, 6) is -1.58. The van der Waals surface area contributed by atoms with Crippen molar-refractivity contribution in [1.29, 1.82) is 0 Å². The van der Waals surface area contributed by atoms with Crippen molar-refractivity contribution < 1.29 is 19.6 Å². The molecular formula is C28H21ClN4O5S2. The summed E-state index contributed by atoms with van der Waals surface area (Å²) in [6.45, 7) is 3.64. The molecule has 1 saturated heterocycles. The minimum absolute atomic E-state index is 0.131. The van der Waals surface area contributed by atoms with Gasteiger partial charge < -0.3 is 5.11 Å². The van der Waals surface area contributed by atoms with Crippen LogP contribution in [0.25, 0.3) is 5.76 Å². The fourth-order valence-electron chi connectivity index (χ4n) is 4.37. The molecule has 0 spiro atoms. The molecular weight excluding hydrogens is 572 g/mol. The van der Waals surface area contributed by atoms with Gasteiger partial charge in [-0.05, 0) is 54.8 Å². The number of aromatic nitrogens is 2. The number of Topliss-reactive ketones (excluding diaryl/α,β-unsaturated/α-hetero) is 1. The highest BCUT2D eigenvalue weighted by molar-refractivity contribution is 8.00. The summed E-state index contributed by atoms with van der Waals surface area (Å²) in [5.41, 5.74) is 3.02. The molecule has 5 rings (SSSR count). The van der Waals surface area contributed by atoms with E-state index in [9.17, 15) is 24.8 Å². The molecule has 1 fully saturated rings. The Labute approximate surface area is 242 Å². The third kappa shape index (κ3) is 5.23. The quantitative estimate of drug-likeness (QED) is 0.0481. The van der Waals surface area contributed by atoms with Crippen LogP contribution in [0.15, 0.2) is 76.6 Å². The van der Waals surface area contributed by atoms with E-state index in [1.165, 1.54) is 40.9 Å². The maximum atomic E-state index is 13.4. The van der Waals surface area contributed by atoms with Crippen LogP contribution in [0.1, 0.15) is 33.9 Å². The van der Waals surface area contributed by atoms with E-state index < -0.39 is 22.7 Å². The fourth-order valence-corrected chi connectivity index (χ4v) is 6.53. The number of aryl methyl sites for hydroxylation is 2. The van der Waals surface area contributed by atoms with Gasteiger partial charge in [0.15, 0.2) is 4.34 Å². The summed E-state index contributed by atoms with van der Waals surface area (Å²) in [6.07, 6.45) is 0. The molecule has 202 valence electrons. The van der Waals surface area contributed by atoms with E-state index in [0.717, 1.165) is 22.5 Å². The number of amides is 1. The molecule has 40 heavy (non-hydrogen) atoms. The number of anilines is 1. The van der Waals surface area contributed by atoms with Crippen LogP contribution in [0.4, 0.5) is 10.8 Å². The molecule has 9 nitrogen and oxygen atoms in total. The molecule has 1 atom stereocenters. The summed E-state index contributed by atoms with van der Waals surface area (Å²) >= 11 is 8.76. The summed E-state index contributed by atoms with van der Waals surface area (Å²) < 4.78 is 0.550. The van der Waals surface area contributed by atoms with Crippen LogP contribution in [-0.2, 0) is 15.3 Å². The summed E-state index contributed by atoms with van der Waals surface area (Å²) in [6, 6.07) is 17.3. The average Bonchev–Trinajstić information content (AvgIpc) is 3.51. The molecule has 1 unspecified atom stereocenters. The second-order valence-electron chi connectivity index (χ2n) is 9.07. The van der Waals surface area contributed by atoms with Crippen LogP contribution in [0.5, 0.6) is 0 Å². The lowest BCUT2D eigenvalue weighted by Gasteiger charge is -2.22. The molecule has 0 bridgehead atoms. The van der Waals surface area contributed by atoms with Gasteiger partial charge in [0.05, 0.1) is 16.5 Å². The molecule has 1 N–H and O–H groups in total. The van der Waals surface area contributed by atoms with Crippen molar-refractivity contribution in [2.75, 3.05) is 4.90 Å². The first-order valence-electron chi connectivity index (χ1n) is 12.0. The first kappa shape index (κ1) is 27.5. The lowest BCUT2D eigenvalue weighted by molar-refractivity contribution is -0.384. The number of halogens is 1. The maximum absolute atomic E-state index is 13.4. The van der Waals surface area contributed by atoms with Crippen LogP contribution in [0.2, 0.25) is 5.02 Å². The Bertz CT molecular complexity index is 1690. The van der Waals surface area contributed by atoms with Gasteiger partial charge in [-0.15, -0.1) is 10.2 Å². The second-order valence-corrected chi connectivity index (χ2v) is 11.7. The Morgan fingerprint density at radius 3 is 2.52 bits per heavy atom. The minimum Gasteiger partial charge on any atom is -0.507 e. The van der Waals surface area contributed by atoms with Gasteiger partial charge in [-0.3, -0.25) is 24.6 Å². The lowest BCUT2D eigenvalue weighted by Crippen LogP contribution is -2.29. The van der Waals surface area contributed by atoms with E-state index in [0.29, 0.717) is 31.8 Å². The number of non-ortho nitro benzene ring substituents is 1. The van der Waals surface area contributed by atoms with Crippen molar-refractivity contribution in [3.63, 3.8) is 0 Å². The first-order chi connectivity index (χ1) is 19.2. The number of hydrogen-bond donors (Lipinski definition) is 1. The number of carbonyl (C=O) groups is 2. The number of aliphatic hydroxyl groups excluding tert-OH is 1. The van der Waals surface area contributed by atoms with Gasteiger partial charge in [0.2, 0.25) is 5.13 Å². The lowest BCUT2D eigenvalue weighted by atomic mass is 9.93. The monoisotopic (exact) mass is 592 g/mol. The molecule has 1 amide bonds. The van der Waals surface area contributed by atoms with Crippen LogP contribution in [0, 0.1) is 24.0 Å². The van der Waals surface area contributed by atoms with E-state index in [4.69, 9.17) is 11.6 Å². The number of benzene rings is 3. The van der Waals surface area contributed by atoms with E-state index in [-0.39, 0.29) is 22.2 Å². The zero-order valence-corrected chi connectivity index (χ0v) is 23.6. The Hall–Kier alpha value is -4.06. The third-order valence-electron chi connectivity index (χ3n) is 6.42. The largest absolute Gasteiger partial charge is 0.507 e. The standard InChI is InChI=1S/C28H21ClN4O5S2/c1-15-7-8-16(2)20(13-15)24(34)22-23(17-9-11-19(12-10-17)33(37)38)32(26(36)25(22)35)27-30-31-28(40-27)39-14-18-5-3-4-6-21(18)29/h3-13,23,34H,14H2,1-2H3/b24-22+. The molecule has 3 aromatic carbocycles. The van der Waals surface area contributed by atoms with Gasteiger partial charge in [-0.1, -0.05) is 70.6 Å². The van der Waals surface area contributed by atoms with Crippen LogP contribution in [-0.4, -0.2) is 31.9 Å². The van der Waals surface area contributed by atoms with E-state index >= 15 is 0 Å². The average molecular weight is 593 g/mol. The predicted octanol–water partition coefficient (Wildman–Crippen LogP) is 6.64. The van der Waals surface area contributed by atoms with Crippen LogP contribution >= 0.6 is 34.7 Å².